The molecule has 0 amide bonds. The number of hydrogen-bond donors (Lipinski definition) is 1. The molecule has 0 aliphatic heterocycles. The Balaban J connectivity index is 2.73. The first kappa shape index (κ1) is 13.9. The fourth-order valence-corrected chi connectivity index (χ4v) is 1.56. The van der Waals surface area contributed by atoms with Crippen molar-refractivity contribution in [1.29, 1.82) is 0 Å². The van der Waals surface area contributed by atoms with Gasteiger partial charge in [-0.25, -0.2) is 4.39 Å². The third-order valence-electron chi connectivity index (χ3n) is 2.57. The molecule has 0 bridgehead atoms. The summed E-state index contributed by atoms with van der Waals surface area (Å²) in [6.07, 6.45) is 0. The number of halogens is 1. The monoisotopic (exact) mass is 241 g/mol. The highest BCUT2D eigenvalue weighted by Crippen LogP contribution is 2.27. The van der Waals surface area contributed by atoms with Gasteiger partial charge in [-0.05, 0) is 33.0 Å². The Labute approximate surface area is 102 Å². The third-order valence-corrected chi connectivity index (χ3v) is 2.57. The summed E-state index contributed by atoms with van der Waals surface area (Å²) >= 11 is 0. The molecule has 3 nitrogen and oxygen atoms in total. The minimum atomic E-state index is -0.249. The molecule has 0 fully saturated rings. The molecule has 0 spiro atoms. The van der Waals surface area contributed by atoms with Crippen molar-refractivity contribution < 1.29 is 13.9 Å². The number of rotatable bonds is 7. The molecule has 1 N–H and O–H groups in total. The standard InChI is InChI=1S/C13H20FNO2/c1-4-16-8-9-17-12-7-5-6-11(14)13(12)10(2)15-3/h5-7,10,15H,4,8-9H2,1-3H3. The smallest absolute Gasteiger partial charge is 0.131 e. The van der Waals surface area contributed by atoms with Gasteiger partial charge in [-0.15, -0.1) is 0 Å². The normalized spacial score (nSPS) is 12.5. The molecule has 17 heavy (non-hydrogen) atoms. The van der Waals surface area contributed by atoms with Crippen molar-refractivity contribution in [3.05, 3.63) is 29.6 Å². The number of ether oxygens (including phenoxy) is 2. The second-order valence-electron chi connectivity index (χ2n) is 3.71. The number of benzene rings is 1. The van der Waals surface area contributed by atoms with E-state index < -0.39 is 0 Å². The van der Waals surface area contributed by atoms with Crippen molar-refractivity contribution >= 4 is 0 Å². The predicted octanol–water partition coefficient (Wildman–Crippen LogP) is 2.52. The topological polar surface area (TPSA) is 30.5 Å². The second-order valence-corrected chi connectivity index (χ2v) is 3.71. The molecule has 0 aromatic heterocycles. The molecule has 1 aromatic rings. The van der Waals surface area contributed by atoms with Gasteiger partial charge in [-0.1, -0.05) is 6.07 Å². The van der Waals surface area contributed by atoms with Gasteiger partial charge in [-0.2, -0.15) is 0 Å². The highest BCUT2D eigenvalue weighted by atomic mass is 19.1. The van der Waals surface area contributed by atoms with Crippen LogP contribution in [0.4, 0.5) is 4.39 Å². The lowest BCUT2D eigenvalue weighted by atomic mass is 10.1. The van der Waals surface area contributed by atoms with Gasteiger partial charge in [0.15, 0.2) is 0 Å². The quantitative estimate of drug-likeness (QED) is 0.744. The van der Waals surface area contributed by atoms with Crippen LogP contribution in [0.1, 0.15) is 25.5 Å². The highest BCUT2D eigenvalue weighted by Gasteiger charge is 2.15. The van der Waals surface area contributed by atoms with Crippen LogP contribution in [0.5, 0.6) is 5.75 Å². The van der Waals surface area contributed by atoms with E-state index >= 15 is 0 Å². The molecule has 0 radical (unpaired) electrons. The van der Waals surface area contributed by atoms with E-state index in [9.17, 15) is 4.39 Å². The summed E-state index contributed by atoms with van der Waals surface area (Å²) in [5.41, 5.74) is 0.562. The van der Waals surface area contributed by atoms with Crippen molar-refractivity contribution in [2.75, 3.05) is 26.9 Å². The molecule has 1 aromatic carbocycles. The van der Waals surface area contributed by atoms with Crippen LogP contribution < -0.4 is 10.1 Å². The Kier molecular flexibility index (Phi) is 5.94. The zero-order chi connectivity index (χ0) is 12.7. The van der Waals surface area contributed by atoms with Crippen LogP contribution in [0, 0.1) is 5.82 Å². The minimum absolute atomic E-state index is 0.0849. The third kappa shape index (κ3) is 3.98. The van der Waals surface area contributed by atoms with Crippen molar-refractivity contribution in [2.45, 2.75) is 19.9 Å². The van der Waals surface area contributed by atoms with Gasteiger partial charge in [0.05, 0.1) is 6.61 Å². The van der Waals surface area contributed by atoms with E-state index in [0.29, 0.717) is 31.1 Å². The second kappa shape index (κ2) is 7.25. The van der Waals surface area contributed by atoms with E-state index in [2.05, 4.69) is 5.32 Å². The maximum absolute atomic E-state index is 13.7. The summed E-state index contributed by atoms with van der Waals surface area (Å²) < 4.78 is 24.4. The van der Waals surface area contributed by atoms with E-state index in [4.69, 9.17) is 9.47 Å². The van der Waals surface area contributed by atoms with Gasteiger partial charge in [0, 0.05) is 18.2 Å². The van der Waals surface area contributed by atoms with Crippen LogP contribution in [0.15, 0.2) is 18.2 Å². The van der Waals surface area contributed by atoms with Crippen LogP contribution in [-0.2, 0) is 4.74 Å². The van der Waals surface area contributed by atoms with E-state index in [0.717, 1.165) is 0 Å². The van der Waals surface area contributed by atoms with Gasteiger partial charge in [0.1, 0.15) is 18.2 Å². The molecule has 1 atom stereocenters. The Morgan fingerprint density at radius 2 is 2.12 bits per heavy atom. The van der Waals surface area contributed by atoms with E-state index in [1.807, 2.05) is 13.8 Å². The van der Waals surface area contributed by atoms with Crippen LogP contribution in [0.25, 0.3) is 0 Å². The molecule has 0 saturated heterocycles. The SMILES string of the molecule is CCOCCOc1cccc(F)c1C(C)NC. The molecule has 4 heteroatoms. The first-order chi connectivity index (χ1) is 8.20. The molecule has 96 valence electrons. The van der Waals surface area contributed by atoms with Crippen molar-refractivity contribution in [1.82, 2.24) is 5.32 Å². The highest BCUT2D eigenvalue weighted by molar-refractivity contribution is 5.36. The average molecular weight is 241 g/mol. The van der Waals surface area contributed by atoms with Crippen LogP contribution in [-0.4, -0.2) is 26.9 Å². The minimum Gasteiger partial charge on any atom is -0.491 e. The summed E-state index contributed by atoms with van der Waals surface area (Å²) in [6.45, 7) is 5.43. The molecule has 0 aliphatic carbocycles. The van der Waals surface area contributed by atoms with E-state index in [1.54, 1.807) is 19.2 Å². The Morgan fingerprint density at radius 1 is 1.35 bits per heavy atom. The van der Waals surface area contributed by atoms with Gasteiger partial charge in [0.25, 0.3) is 0 Å². The molecule has 0 saturated carbocycles. The fraction of sp³-hybridized carbons (Fsp3) is 0.538. The summed E-state index contributed by atoms with van der Waals surface area (Å²) in [4.78, 5) is 0. The summed E-state index contributed by atoms with van der Waals surface area (Å²) in [5.74, 6) is 0.326. The van der Waals surface area contributed by atoms with Crippen molar-refractivity contribution in [3.63, 3.8) is 0 Å². The lowest BCUT2D eigenvalue weighted by Crippen LogP contribution is -2.16. The molecule has 0 heterocycles. The van der Waals surface area contributed by atoms with Gasteiger partial charge >= 0.3 is 0 Å². The average Bonchev–Trinajstić information content (AvgIpc) is 2.34. The first-order valence-corrected chi connectivity index (χ1v) is 5.86. The Morgan fingerprint density at radius 3 is 2.76 bits per heavy atom. The molecular weight excluding hydrogens is 221 g/mol. The number of nitrogens with one attached hydrogen (secondary N) is 1. The molecule has 1 rings (SSSR count). The Hall–Kier alpha value is -1.13. The summed E-state index contributed by atoms with van der Waals surface area (Å²) in [6, 6.07) is 4.78. The van der Waals surface area contributed by atoms with Crippen molar-refractivity contribution in [3.8, 4) is 5.75 Å². The van der Waals surface area contributed by atoms with E-state index in [-0.39, 0.29) is 11.9 Å². The van der Waals surface area contributed by atoms with E-state index in [1.165, 1.54) is 6.07 Å². The maximum Gasteiger partial charge on any atom is 0.131 e. The zero-order valence-corrected chi connectivity index (χ0v) is 10.6. The molecule has 0 aliphatic rings. The van der Waals surface area contributed by atoms with Crippen LogP contribution in [0.3, 0.4) is 0 Å². The number of hydrogen-bond acceptors (Lipinski definition) is 3. The predicted molar refractivity (Wildman–Crippen MR) is 65.9 cm³/mol. The largest absolute Gasteiger partial charge is 0.491 e. The lowest BCUT2D eigenvalue weighted by Gasteiger charge is -2.17. The molecule has 1 unspecified atom stereocenters. The zero-order valence-electron chi connectivity index (χ0n) is 10.6. The first-order valence-electron chi connectivity index (χ1n) is 5.86. The Bertz CT molecular complexity index is 344. The fourth-order valence-electron chi connectivity index (χ4n) is 1.56. The van der Waals surface area contributed by atoms with Gasteiger partial charge < -0.3 is 14.8 Å². The van der Waals surface area contributed by atoms with Crippen LogP contribution in [0.2, 0.25) is 0 Å². The van der Waals surface area contributed by atoms with Gasteiger partial charge in [-0.3, -0.25) is 0 Å². The maximum atomic E-state index is 13.7. The van der Waals surface area contributed by atoms with Crippen molar-refractivity contribution in [2.24, 2.45) is 0 Å². The summed E-state index contributed by atoms with van der Waals surface area (Å²) in [7, 11) is 1.79. The van der Waals surface area contributed by atoms with Gasteiger partial charge in [0.2, 0.25) is 0 Å². The lowest BCUT2D eigenvalue weighted by molar-refractivity contribution is 0.109. The molecular formula is C13H20FNO2. The van der Waals surface area contributed by atoms with Crippen LogP contribution >= 0.6 is 0 Å². The summed E-state index contributed by atoms with van der Waals surface area (Å²) in [5, 5.41) is 3.01.